The number of nitrogens with zero attached hydrogens (tertiary/aromatic N) is 3. The van der Waals surface area contributed by atoms with Crippen LogP contribution in [-0.4, -0.2) is 27.7 Å². The van der Waals surface area contributed by atoms with Gasteiger partial charge in [-0.2, -0.15) is 5.10 Å². The molecule has 0 unspecified atom stereocenters. The van der Waals surface area contributed by atoms with E-state index in [-0.39, 0.29) is 34.6 Å². The van der Waals surface area contributed by atoms with Crippen LogP contribution in [0.2, 0.25) is 5.02 Å². The van der Waals surface area contributed by atoms with E-state index in [1.807, 2.05) is 0 Å². The first-order chi connectivity index (χ1) is 13.9. The minimum Gasteiger partial charge on any atom is -0.496 e. The van der Waals surface area contributed by atoms with Gasteiger partial charge in [-0.3, -0.25) is 14.9 Å². The van der Waals surface area contributed by atoms with E-state index in [0.29, 0.717) is 5.75 Å². The number of anilines is 1. The number of rotatable bonds is 7. The number of aromatic nitrogens is 2. The summed E-state index contributed by atoms with van der Waals surface area (Å²) in [6, 6.07) is 9.37. The van der Waals surface area contributed by atoms with Gasteiger partial charge in [-0.15, -0.1) is 0 Å². The van der Waals surface area contributed by atoms with Crippen molar-refractivity contribution in [3.63, 3.8) is 0 Å². The maximum absolute atomic E-state index is 13.2. The van der Waals surface area contributed by atoms with E-state index in [0.717, 1.165) is 0 Å². The topological polar surface area (TPSA) is 109 Å². The van der Waals surface area contributed by atoms with Gasteiger partial charge in [-0.05, 0) is 30.3 Å². The van der Waals surface area contributed by atoms with Crippen molar-refractivity contribution in [2.24, 2.45) is 0 Å². The lowest BCUT2D eigenvalue weighted by molar-refractivity contribution is -0.384. The van der Waals surface area contributed by atoms with Gasteiger partial charge in [0.25, 0.3) is 11.6 Å². The highest BCUT2D eigenvalue weighted by atomic mass is 35.5. The third kappa shape index (κ3) is 4.79. The predicted molar refractivity (Wildman–Crippen MR) is 102 cm³/mol. The van der Waals surface area contributed by atoms with Crippen LogP contribution in [-0.2, 0) is 6.73 Å². The summed E-state index contributed by atoms with van der Waals surface area (Å²) >= 11 is 5.69. The highest BCUT2D eigenvalue weighted by Crippen LogP contribution is 2.29. The molecule has 0 spiro atoms. The van der Waals surface area contributed by atoms with E-state index in [1.165, 1.54) is 60.5 Å². The lowest BCUT2D eigenvalue weighted by Gasteiger charge is -2.07. The number of carbonyl (C=O) groups is 1. The molecule has 3 aromatic rings. The first-order valence-corrected chi connectivity index (χ1v) is 8.50. The zero-order valence-corrected chi connectivity index (χ0v) is 15.7. The molecule has 0 aliphatic carbocycles. The lowest BCUT2D eigenvalue weighted by atomic mass is 10.2. The molecule has 11 heteroatoms. The molecular formula is C18H14ClFN4O5. The van der Waals surface area contributed by atoms with Crippen molar-refractivity contribution >= 4 is 28.9 Å². The normalized spacial score (nSPS) is 10.4. The number of methoxy groups -OCH3 is 1. The van der Waals surface area contributed by atoms with E-state index in [9.17, 15) is 19.3 Å². The molecule has 1 N–H and O–H groups in total. The second-order valence-electron chi connectivity index (χ2n) is 5.68. The molecule has 1 aromatic heterocycles. The minimum absolute atomic E-state index is 0.00699. The van der Waals surface area contributed by atoms with Crippen LogP contribution in [0, 0.1) is 15.9 Å². The quantitative estimate of drug-likeness (QED) is 0.459. The molecular weight excluding hydrogens is 407 g/mol. The van der Waals surface area contributed by atoms with Crippen molar-refractivity contribution in [2.75, 3.05) is 12.4 Å². The van der Waals surface area contributed by atoms with Gasteiger partial charge in [0.15, 0.2) is 12.4 Å². The van der Waals surface area contributed by atoms with Crippen LogP contribution in [0.15, 0.2) is 48.7 Å². The summed E-state index contributed by atoms with van der Waals surface area (Å²) in [5.41, 5.74) is -0.280. The first-order valence-electron chi connectivity index (χ1n) is 8.12. The first kappa shape index (κ1) is 20.1. The maximum Gasteiger partial charge on any atom is 0.296 e. The zero-order chi connectivity index (χ0) is 21.0. The van der Waals surface area contributed by atoms with Crippen LogP contribution in [0.3, 0.4) is 0 Å². The summed E-state index contributed by atoms with van der Waals surface area (Å²) in [5, 5.41) is 17.6. The number of carbonyl (C=O) groups excluding carboxylic acids is 1. The number of halogens is 2. The Bertz CT molecular complexity index is 1070. The van der Waals surface area contributed by atoms with Crippen LogP contribution >= 0.6 is 11.6 Å². The number of nitro benzene ring substituents is 1. The van der Waals surface area contributed by atoms with Gasteiger partial charge in [0, 0.05) is 12.3 Å². The van der Waals surface area contributed by atoms with Gasteiger partial charge in [-0.25, -0.2) is 9.07 Å². The Morgan fingerprint density at radius 1 is 1.28 bits per heavy atom. The van der Waals surface area contributed by atoms with Crippen LogP contribution in [0.4, 0.5) is 15.8 Å². The van der Waals surface area contributed by atoms with Gasteiger partial charge >= 0.3 is 0 Å². The van der Waals surface area contributed by atoms with Gasteiger partial charge in [0.1, 0.15) is 23.0 Å². The third-order valence-corrected chi connectivity index (χ3v) is 4.07. The molecule has 150 valence electrons. The number of amides is 1. The van der Waals surface area contributed by atoms with Crippen molar-refractivity contribution in [3.05, 3.63) is 75.3 Å². The largest absolute Gasteiger partial charge is 0.496 e. The van der Waals surface area contributed by atoms with E-state index in [2.05, 4.69) is 10.4 Å². The molecule has 0 fully saturated rings. The van der Waals surface area contributed by atoms with Gasteiger partial charge in [0.05, 0.1) is 23.1 Å². The standard InChI is InChI=1S/C18H14ClFN4O5/c1-28-11-3-5-15(17(9-11)24(26)27)21-18(25)16-6-7-23(22-16)10-29-12-2-4-14(20)13(19)8-12/h2-9H,10H2,1H3,(H,21,25). The molecule has 29 heavy (non-hydrogen) atoms. The molecule has 0 aliphatic heterocycles. The van der Waals surface area contributed by atoms with Crippen molar-refractivity contribution < 1.29 is 23.6 Å². The molecule has 0 bridgehead atoms. The maximum atomic E-state index is 13.2. The highest BCUT2D eigenvalue weighted by Gasteiger charge is 2.19. The fourth-order valence-electron chi connectivity index (χ4n) is 2.34. The Kier molecular flexibility index (Phi) is 5.93. The van der Waals surface area contributed by atoms with Gasteiger partial charge in [-0.1, -0.05) is 11.6 Å². The van der Waals surface area contributed by atoms with Crippen molar-refractivity contribution in [2.45, 2.75) is 6.73 Å². The number of nitro groups is 1. The summed E-state index contributed by atoms with van der Waals surface area (Å²) < 4.78 is 24.9. The zero-order valence-electron chi connectivity index (χ0n) is 15.0. The Hall–Kier alpha value is -3.66. The predicted octanol–water partition coefficient (Wildman–Crippen LogP) is 3.88. The molecule has 0 saturated carbocycles. The average Bonchev–Trinajstić information content (AvgIpc) is 3.18. The average molecular weight is 421 g/mol. The second-order valence-corrected chi connectivity index (χ2v) is 6.09. The van der Waals surface area contributed by atoms with E-state index in [1.54, 1.807) is 0 Å². The molecule has 1 heterocycles. The third-order valence-electron chi connectivity index (χ3n) is 3.78. The van der Waals surface area contributed by atoms with E-state index < -0.39 is 16.6 Å². The fourth-order valence-corrected chi connectivity index (χ4v) is 2.51. The Morgan fingerprint density at radius 3 is 2.72 bits per heavy atom. The molecule has 0 aliphatic rings. The Labute approximate surface area is 168 Å². The number of nitrogens with one attached hydrogen (secondary N) is 1. The monoisotopic (exact) mass is 420 g/mol. The highest BCUT2D eigenvalue weighted by molar-refractivity contribution is 6.30. The Balaban J connectivity index is 1.68. The minimum atomic E-state index is -0.637. The summed E-state index contributed by atoms with van der Waals surface area (Å²) in [6.45, 7) is -0.0576. The van der Waals surface area contributed by atoms with Gasteiger partial charge < -0.3 is 14.8 Å². The smallest absolute Gasteiger partial charge is 0.296 e. The molecule has 9 nitrogen and oxygen atoms in total. The molecule has 0 saturated heterocycles. The van der Waals surface area contributed by atoms with Crippen molar-refractivity contribution in [1.29, 1.82) is 0 Å². The number of hydrogen-bond donors (Lipinski definition) is 1. The van der Waals surface area contributed by atoms with E-state index >= 15 is 0 Å². The Morgan fingerprint density at radius 2 is 2.03 bits per heavy atom. The molecule has 2 aromatic carbocycles. The van der Waals surface area contributed by atoms with Crippen LogP contribution in [0.5, 0.6) is 11.5 Å². The van der Waals surface area contributed by atoms with Crippen LogP contribution < -0.4 is 14.8 Å². The van der Waals surface area contributed by atoms with Crippen molar-refractivity contribution in [1.82, 2.24) is 9.78 Å². The lowest BCUT2D eigenvalue weighted by Crippen LogP contribution is -2.15. The SMILES string of the molecule is COc1ccc(NC(=O)c2ccn(COc3ccc(F)c(Cl)c3)n2)c([N+](=O)[O-])c1. The summed E-state index contributed by atoms with van der Waals surface area (Å²) in [4.78, 5) is 23.0. The summed E-state index contributed by atoms with van der Waals surface area (Å²) in [6.07, 6.45) is 1.49. The number of ether oxygens (including phenoxy) is 2. The van der Waals surface area contributed by atoms with Crippen LogP contribution in [0.25, 0.3) is 0 Å². The second kappa shape index (κ2) is 8.57. The molecule has 0 atom stereocenters. The van der Waals surface area contributed by atoms with E-state index in [4.69, 9.17) is 21.1 Å². The van der Waals surface area contributed by atoms with Gasteiger partial charge in [0.2, 0.25) is 0 Å². The summed E-state index contributed by atoms with van der Waals surface area (Å²) in [5.74, 6) is -0.588. The fraction of sp³-hybridized carbons (Fsp3) is 0.111. The number of hydrogen-bond acceptors (Lipinski definition) is 6. The number of benzene rings is 2. The summed E-state index contributed by atoms with van der Waals surface area (Å²) in [7, 11) is 1.38. The van der Waals surface area contributed by atoms with Crippen molar-refractivity contribution in [3.8, 4) is 11.5 Å². The molecule has 1 amide bonds. The van der Waals surface area contributed by atoms with Crippen LogP contribution in [0.1, 0.15) is 10.5 Å². The molecule has 0 radical (unpaired) electrons. The molecule has 3 rings (SSSR count).